The second-order valence-electron chi connectivity index (χ2n) is 11.4. The van der Waals surface area contributed by atoms with Crippen molar-refractivity contribution in [3.05, 3.63) is 58.2 Å². The molecule has 0 bridgehead atoms. The number of esters is 1. The first-order valence-corrected chi connectivity index (χ1v) is 14.7. The minimum Gasteiger partial charge on any atom is -0.494 e. The Kier molecular flexibility index (Phi) is 13.7. The van der Waals surface area contributed by atoms with Crippen LogP contribution in [0.1, 0.15) is 117 Å². The Morgan fingerprint density at radius 2 is 1.66 bits per heavy atom. The average molecular weight is 525 g/mol. The molecular weight excluding hydrogens is 472 g/mol. The van der Waals surface area contributed by atoms with E-state index in [1.165, 1.54) is 22.3 Å². The first kappa shape index (κ1) is 31.7. The van der Waals surface area contributed by atoms with E-state index in [4.69, 9.17) is 14.2 Å². The molecule has 0 aromatic heterocycles. The summed E-state index contributed by atoms with van der Waals surface area (Å²) in [5, 5.41) is 0. The van der Waals surface area contributed by atoms with Crippen molar-refractivity contribution in [1.82, 2.24) is 0 Å². The van der Waals surface area contributed by atoms with E-state index < -0.39 is 0 Å². The van der Waals surface area contributed by atoms with Crippen LogP contribution in [0.15, 0.2) is 47.1 Å². The number of carbonyl (C=O) groups excluding carboxylic acids is 1. The Morgan fingerprint density at radius 3 is 2.34 bits per heavy atom. The highest BCUT2D eigenvalue weighted by molar-refractivity contribution is 5.69. The Hall–Kier alpha value is -2.49. The van der Waals surface area contributed by atoms with Gasteiger partial charge in [0.15, 0.2) is 0 Å². The normalized spacial score (nSPS) is 17.4. The molecule has 1 aromatic carbocycles. The van der Waals surface area contributed by atoms with Gasteiger partial charge >= 0.3 is 5.97 Å². The zero-order chi connectivity index (χ0) is 28.0. The number of benzene rings is 1. The van der Waals surface area contributed by atoms with Crippen molar-refractivity contribution < 1.29 is 19.0 Å². The molecule has 1 aromatic rings. The number of carbonyl (C=O) groups is 1. The Balaban J connectivity index is 1.78. The summed E-state index contributed by atoms with van der Waals surface area (Å²) in [6.07, 6.45) is 17.9. The van der Waals surface area contributed by atoms with E-state index in [0.717, 1.165) is 81.3 Å². The number of rotatable bonds is 16. The summed E-state index contributed by atoms with van der Waals surface area (Å²) in [4.78, 5) is 11.5. The first-order chi connectivity index (χ1) is 18.1. The smallest absolute Gasteiger partial charge is 0.305 e. The van der Waals surface area contributed by atoms with Gasteiger partial charge in [-0.1, -0.05) is 34.9 Å². The molecule has 0 radical (unpaired) electrons. The second kappa shape index (κ2) is 16.5. The molecule has 1 aliphatic rings. The van der Waals surface area contributed by atoms with Gasteiger partial charge in [-0.25, -0.2) is 0 Å². The molecule has 0 N–H and O–H groups in total. The monoisotopic (exact) mass is 524 g/mol. The van der Waals surface area contributed by atoms with Crippen molar-refractivity contribution in [2.24, 2.45) is 0 Å². The highest BCUT2D eigenvalue weighted by Gasteiger charge is 2.32. The molecule has 1 aliphatic heterocycles. The average Bonchev–Trinajstić information content (AvgIpc) is 2.84. The lowest BCUT2D eigenvalue weighted by Crippen LogP contribution is -2.36. The van der Waals surface area contributed by atoms with Crippen molar-refractivity contribution in [3.8, 4) is 11.5 Å². The molecule has 212 valence electrons. The van der Waals surface area contributed by atoms with Gasteiger partial charge in [-0.2, -0.15) is 0 Å². The summed E-state index contributed by atoms with van der Waals surface area (Å²) in [6.45, 7) is 16.1. The van der Waals surface area contributed by atoms with E-state index >= 15 is 0 Å². The lowest BCUT2D eigenvalue weighted by Gasteiger charge is -2.37. The second-order valence-corrected chi connectivity index (χ2v) is 11.4. The SMILES string of the molecule is CCOC(=O)CCCCOc1cc(C)c2c(c1)CC[C@@](C)(CC/C=C(\C)CC/C=C(\C)CCC=C(C)C)O2. The largest absolute Gasteiger partial charge is 0.494 e. The van der Waals surface area contributed by atoms with E-state index in [-0.39, 0.29) is 11.6 Å². The molecule has 0 saturated heterocycles. The molecule has 2 rings (SSSR count). The van der Waals surface area contributed by atoms with Crippen molar-refractivity contribution in [2.75, 3.05) is 13.2 Å². The number of hydrogen-bond acceptors (Lipinski definition) is 4. The fraction of sp³-hybridized carbons (Fsp3) is 0.618. The predicted octanol–water partition coefficient (Wildman–Crippen LogP) is 9.39. The molecule has 0 unspecified atom stereocenters. The molecule has 4 heteroatoms. The lowest BCUT2D eigenvalue weighted by atomic mass is 9.87. The predicted molar refractivity (Wildman–Crippen MR) is 159 cm³/mol. The summed E-state index contributed by atoms with van der Waals surface area (Å²) in [5.74, 6) is 1.80. The van der Waals surface area contributed by atoms with Crippen molar-refractivity contribution in [2.45, 2.75) is 125 Å². The van der Waals surface area contributed by atoms with Gasteiger partial charge in [-0.3, -0.25) is 4.79 Å². The molecule has 4 nitrogen and oxygen atoms in total. The van der Waals surface area contributed by atoms with Gasteiger partial charge in [0.2, 0.25) is 0 Å². The molecule has 0 aliphatic carbocycles. The Bertz CT molecular complexity index is 980. The van der Waals surface area contributed by atoms with Gasteiger partial charge in [0.1, 0.15) is 17.1 Å². The number of hydrogen-bond donors (Lipinski definition) is 0. The summed E-state index contributed by atoms with van der Waals surface area (Å²) in [6, 6.07) is 4.21. The summed E-state index contributed by atoms with van der Waals surface area (Å²) in [7, 11) is 0. The molecule has 0 fully saturated rings. The van der Waals surface area contributed by atoms with Crippen LogP contribution < -0.4 is 9.47 Å². The van der Waals surface area contributed by atoms with Gasteiger partial charge in [-0.15, -0.1) is 0 Å². The quantitative estimate of drug-likeness (QED) is 0.123. The number of fused-ring (bicyclic) bond motifs is 1. The van der Waals surface area contributed by atoms with E-state index in [1.807, 2.05) is 6.92 Å². The third-order valence-electron chi connectivity index (χ3n) is 7.23. The molecule has 0 saturated carbocycles. The Morgan fingerprint density at radius 1 is 0.974 bits per heavy atom. The number of aryl methyl sites for hydroxylation is 2. The molecule has 38 heavy (non-hydrogen) atoms. The van der Waals surface area contributed by atoms with Crippen LogP contribution in [0.4, 0.5) is 0 Å². The third-order valence-corrected chi connectivity index (χ3v) is 7.23. The highest BCUT2D eigenvalue weighted by Crippen LogP contribution is 2.40. The maximum absolute atomic E-state index is 11.5. The van der Waals surface area contributed by atoms with Gasteiger partial charge in [0.05, 0.1) is 13.2 Å². The molecule has 1 atom stereocenters. The third kappa shape index (κ3) is 11.9. The van der Waals surface area contributed by atoms with E-state index in [2.05, 4.69) is 71.9 Å². The summed E-state index contributed by atoms with van der Waals surface area (Å²) < 4.78 is 17.6. The summed E-state index contributed by atoms with van der Waals surface area (Å²) in [5.41, 5.74) is 6.61. The molecule has 0 spiro atoms. The standard InChI is InChI=1S/C34H52O4/c1-8-36-32(35)19-9-10-23-37-31-24-29(6)33-30(25-31)20-22-34(7,38-33)21-13-18-28(5)17-12-16-27(4)15-11-14-26(2)3/h14,16,18,24-25H,8-13,15,17,19-23H2,1-7H3/b27-16+,28-18+/t34-/m1/s1. The van der Waals surface area contributed by atoms with Crippen LogP contribution in [0.3, 0.4) is 0 Å². The van der Waals surface area contributed by atoms with Crippen molar-refractivity contribution in [3.63, 3.8) is 0 Å². The van der Waals surface area contributed by atoms with Crippen LogP contribution in [0.2, 0.25) is 0 Å². The minimum atomic E-state index is -0.134. The lowest BCUT2D eigenvalue weighted by molar-refractivity contribution is -0.143. The topological polar surface area (TPSA) is 44.8 Å². The van der Waals surface area contributed by atoms with Crippen molar-refractivity contribution in [1.29, 1.82) is 0 Å². The minimum absolute atomic E-state index is 0.128. The summed E-state index contributed by atoms with van der Waals surface area (Å²) >= 11 is 0. The van der Waals surface area contributed by atoms with Crippen LogP contribution in [-0.2, 0) is 16.0 Å². The van der Waals surface area contributed by atoms with Crippen LogP contribution in [0.5, 0.6) is 11.5 Å². The first-order valence-electron chi connectivity index (χ1n) is 14.7. The van der Waals surface area contributed by atoms with Gasteiger partial charge in [0.25, 0.3) is 0 Å². The maximum atomic E-state index is 11.5. The zero-order valence-electron chi connectivity index (χ0n) is 25.2. The maximum Gasteiger partial charge on any atom is 0.305 e. The van der Waals surface area contributed by atoms with Crippen LogP contribution in [-0.4, -0.2) is 24.8 Å². The van der Waals surface area contributed by atoms with E-state index in [0.29, 0.717) is 19.6 Å². The molecular formula is C34H52O4. The van der Waals surface area contributed by atoms with Gasteiger partial charge < -0.3 is 14.2 Å². The van der Waals surface area contributed by atoms with Gasteiger partial charge in [-0.05, 0) is 136 Å². The van der Waals surface area contributed by atoms with E-state index in [1.54, 1.807) is 0 Å². The van der Waals surface area contributed by atoms with E-state index in [9.17, 15) is 4.79 Å². The molecule has 1 heterocycles. The van der Waals surface area contributed by atoms with Gasteiger partial charge in [0, 0.05) is 6.42 Å². The van der Waals surface area contributed by atoms with Crippen LogP contribution >= 0.6 is 0 Å². The Labute approximate surface area is 232 Å². The van der Waals surface area contributed by atoms with Crippen LogP contribution in [0.25, 0.3) is 0 Å². The fourth-order valence-corrected chi connectivity index (χ4v) is 4.86. The molecule has 0 amide bonds. The number of unbranched alkanes of at least 4 members (excludes halogenated alkanes) is 1. The highest BCUT2D eigenvalue weighted by atomic mass is 16.5. The van der Waals surface area contributed by atoms with Crippen LogP contribution in [0, 0.1) is 6.92 Å². The number of ether oxygens (including phenoxy) is 3. The zero-order valence-corrected chi connectivity index (χ0v) is 25.2. The number of allylic oxidation sites excluding steroid dienone is 6. The van der Waals surface area contributed by atoms with Crippen molar-refractivity contribution >= 4 is 5.97 Å². The fourth-order valence-electron chi connectivity index (χ4n) is 4.86.